The molecule has 196 valence electrons. The van der Waals surface area contributed by atoms with Crippen molar-refractivity contribution in [3.05, 3.63) is 41.6 Å². The Kier molecular flexibility index (Phi) is 8.18. The number of carbonyl (C=O) groups excluding carboxylic acids is 1. The van der Waals surface area contributed by atoms with Gasteiger partial charge >= 0.3 is 12.4 Å². The van der Waals surface area contributed by atoms with Crippen LogP contribution in [-0.4, -0.2) is 36.0 Å². The Morgan fingerprint density at radius 1 is 1.08 bits per heavy atom. The molecule has 2 fully saturated rings. The normalized spacial score (nSPS) is 24.6. The highest BCUT2D eigenvalue weighted by molar-refractivity contribution is 6.20. The first kappa shape index (κ1) is 27.3. The number of nitrogens with two attached hydrogens (primary N) is 2. The number of nitriles is 1. The highest BCUT2D eigenvalue weighted by atomic mass is 19.4. The van der Waals surface area contributed by atoms with Crippen molar-refractivity contribution in [1.82, 2.24) is 10.6 Å². The van der Waals surface area contributed by atoms with Gasteiger partial charge < -0.3 is 22.1 Å². The Labute approximate surface area is 203 Å². The summed E-state index contributed by atoms with van der Waals surface area (Å²) in [5.41, 5.74) is 10.1. The number of primary amides is 1. The summed E-state index contributed by atoms with van der Waals surface area (Å²) in [6.07, 6.45) is -5.75. The lowest BCUT2D eigenvalue weighted by Crippen LogP contribution is -2.52. The second-order valence-electron chi connectivity index (χ2n) is 9.01. The lowest BCUT2D eigenvalue weighted by molar-refractivity contribution is -0.163. The number of alkyl halides is 6. The molecule has 6 N–H and O–H groups in total. The number of halogens is 6. The third kappa shape index (κ3) is 7.13. The first-order chi connectivity index (χ1) is 16.8. The number of amidine groups is 1. The van der Waals surface area contributed by atoms with Crippen molar-refractivity contribution in [1.29, 1.82) is 5.26 Å². The minimum absolute atomic E-state index is 0.0593. The number of rotatable bonds is 8. The van der Waals surface area contributed by atoms with Gasteiger partial charge in [-0.25, -0.2) is 4.99 Å². The lowest BCUT2D eigenvalue weighted by Gasteiger charge is -2.36. The number of carbonyl (C=O) groups is 1. The van der Waals surface area contributed by atoms with Gasteiger partial charge in [-0.2, -0.15) is 31.6 Å². The second kappa shape index (κ2) is 10.8. The van der Waals surface area contributed by atoms with Crippen LogP contribution in [0.25, 0.3) is 0 Å². The summed E-state index contributed by atoms with van der Waals surface area (Å²) in [4.78, 5) is 15.8. The largest absolute Gasteiger partial charge is 0.416 e. The molecule has 0 spiro atoms. The number of benzene rings is 1. The van der Waals surface area contributed by atoms with Crippen molar-refractivity contribution in [3.63, 3.8) is 0 Å². The summed E-state index contributed by atoms with van der Waals surface area (Å²) in [6, 6.07) is 3.34. The summed E-state index contributed by atoms with van der Waals surface area (Å²) in [5.74, 6) is -2.40. The average molecular weight is 516 g/mol. The fourth-order valence-corrected chi connectivity index (χ4v) is 4.23. The number of hydrogen-bond acceptors (Lipinski definition) is 5. The molecule has 0 unspecified atom stereocenters. The van der Waals surface area contributed by atoms with Crippen LogP contribution in [0.5, 0.6) is 0 Å². The van der Waals surface area contributed by atoms with Gasteiger partial charge in [-0.1, -0.05) is 0 Å². The minimum Gasteiger partial charge on any atom is -0.386 e. The van der Waals surface area contributed by atoms with Crippen LogP contribution in [0, 0.1) is 23.2 Å². The predicted molar refractivity (Wildman–Crippen MR) is 119 cm³/mol. The highest BCUT2D eigenvalue weighted by Gasteiger charge is 2.50. The van der Waals surface area contributed by atoms with Gasteiger partial charge in [0.05, 0.1) is 28.8 Å². The Balaban J connectivity index is 1.67. The zero-order valence-electron chi connectivity index (χ0n) is 19.0. The molecule has 0 heterocycles. The molecule has 2 saturated carbocycles. The quantitative estimate of drug-likeness (QED) is 0.182. The van der Waals surface area contributed by atoms with E-state index in [1.54, 1.807) is 0 Å². The molecule has 1 aromatic carbocycles. The van der Waals surface area contributed by atoms with Gasteiger partial charge in [0.1, 0.15) is 11.9 Å². The fraction of sp³-hybridized carbons (Fsp3) is 0.522. The van der Waals surface area contributed by atoms with E-state index in [0.29, 0.717) is 25.7 Å². The molecule has 0 aromatic heterocycles. The molecule has 13 heteroatoms. The van der Waals surface area contributed by atoms with Crippen molar-refractivity contribution in [2.24, 2.45) is 28.3 Å². The molecule has 4 atom stereocenters. The maximum Gasteiger partial charge on any atom is 0.416 e. The third-order valence-corrected chi connectivity index (χ3v) is 6.30. The number of aliphatic imine (C=N–C) groups is 1. The fourth-order valence-electron chi connectivity index (χ4n) is 4.23. The van der Waals surface area contributed by atoms with Crippen LogP contribution < -0.4 is 22.1 Å². The highest BCUT2D eigenvalue weighted by Crippen LogP contribution is 2.41. The average Bonchev–Trinajstić information content (AvgIpc) is 3.62. The van der Waals surface area contributed by atoms with Crippen molar-refractivity contribution in [2.45, 2.75) is 62.6 Å². The molecule has 2 aliphatic carbocycles. The molecule has 0 saturated heterocycles. The number of amides is 1. The summed E-state index contributed by atoms with van der Waals surface area (Å²) >= 11 is 0. The van der Waals surface area contributed by atoms with Gasteiger partial charge in [0.25, 0.3) is 5.91 Å². The van der Waals surface area contributed by atoms with Gasteiger partial charge in [0.15, 0.2) is 0 Å². The van der Waals surface area contributed by atoms with Gasteiger partial charge in [-0.3, -0.25) is 4.79 Å². The molecule has 3 rings (SSSR count). The van der Waals surface area contributed by atoms with E-state index in [0.717, 1.165) is 24.3 Å². The van der Waals surface area contributed by atoms with Crippen molar-refractivity contribution in [3.8, 4) is 6.07 Å². The van der Waals surface area contributed by atoms with Crippen LogP contribution in [0.4, 0.5) is 32.0 Å². The number of hydrogen-bond donors (Lipinski definition) is 4. The van der Waals surface area contributed by atoms with Crippen LogP contribution in [0.3, 0.4) is 0 Å². The van der Waals surface area contributed by atoms with Gasteiger partial charge in [0, 0.05) is 18.3 Å². The molecular formula is C23H26F6N6O. The Morgan fingerprint density at radius 2 is 1.72 bits per heavy atom. The van der Waals surface area contributed by atoms with Crippen LogP contribution in [0.1, 0.15) is 37.7 Å². The lowest BCUT2D eigenvalue weighted by atomic mass is 9.82. The van der Waals surface area contributed by atoms with Crippen LogP contribution in [-0.2, 0) is 11.0 Å². The van der Waals surface area contributed by atoms with Gasteiger partial charge in [-0.05, 0) is 62.3 Å². The molecule has 7 nitrogen and oxygen atoms in total. The van der Waals surface area contributed by atoms with E-state index in [-0.39, 0.29) is 23.5 Å². The van der Waals surface area contributed by atoms with E-state index in [9.17, 15) is 36.4 Å². The van der Waals surface area contributed by atoms with E-state index in [4.69, 9.17) is 11.5 Å². The smallest absolute Gasteiger partial charge is 0.386 e. The molecule has 0 bridgehead atoms. The van der Waals surface area contributed by atoms with E-state index in [1.165, 1.54) is 6.20 Å². The Morgan fingerprint density at radius 3 is 2.22 bits per heavy atom. The van der Waals surface area contributed by atoms with Crippen molar-refractivity contribution >= 4 is 17.4 Å². The zero-order chi connectivity index (χ0) is 26.7. The summed E-state index contributed by atoms with van der Waals surface area (Å²) in [6.45, 7) is 0. The summed E-state index contributed by atoms with van der Waals surface area (Å²) < 4.78 is 78.2. The monoisotopic (exact) mass is 516 g/mol. The van der Waals surface area contributed by atoms with Gasteiger partial charge in [0.2, 0.25) is 0 Å². The molecule has 2 aliphatic rings. The van der Waals surface area contributed by atoms with Crippen molar-refractivity contribution < 1.29 is 31.1 Å². The maximum absolute atomic E-state index is 13.3. The molecule has 1 aromatic rings. The van der Waals surface area contributed by atoms with E-state index in [2.05, 4.69) is 21.7 Å². The topological polar surface area (TPSA) is 129 Å². The maximum atomic E-state index is 13.3. The number of nitrogens with one attached hydrogen (secondary N) is 2. The first-order valence-electron chi connectivity index (χ1n) is 11.3. The van der Waals surface area contributed by atoms with Crippen molar-refractivity contribution in [2.75, 3.05) is 0 Å². The SMILES string of the molecule is N#C[C@H]1C[C@H](N[C@H](C2CC2)C(F)(F)F)CC[C@@H]1N/C=C(/C(N)=O)C(N)=Nc1ccc(C(F)(F)F)cc1. The Bertz CT molecular complexity index is 1040. The van der Waals surface area contributed by atoms with Gasteiger partial charge in [-0.15, -0.1) is 0 Å². The van der Waals surface area contributed by atoms with Crippen LogP contribution in [0.2, 0.25) is 0 Å². The third-order valence-electron chi connectivity index (χ3n) is 6.30. The van der Waals surface area contributed by atoms with Crippen LogP contribution in [0.15, 0.2) is 41.0 Å². The minimum atomic E-state index is -4.52. The number of nitrogens with zero attached hydrogens (tertiary/aromatic N) is 2. The second-order valence-corrected chi connectivity index (χ2v) is 9.01. The molecular weight excluding hydrogens is 490 g/mol. The summed E-state index contributed by atoms with van der Waals surface area (Å²) in [7, 11) is 0. The zero-order valence-corrected chi connectivity index (χ0v) is 19.0. The molecule has 1 amide bonds. The van der Waals surface area contributed by atoms with E-state index in [1.807, 2.05) is 0 Å². The standard InChI is InChI=1S/C23H26F6N6O/c24-22(25,26)14-3-5-15(6-4-14)35-20(31)17(21(32)36)11-33-18-8-7-16(9-13(18)10-30)34-19(12-1-2-12)23(27,28)29/h3-6,11-13,16,18-19,33-34H,1-2,7-9H2,(H2,31,35)(H2,32,36)/b17-11+/t13-,16-,18+,19-/m1/s1. The molecule has 0 radical (unpaired) electrons. The first-order valence-corrected chi connectivity index (χ1v) is 11.3. The predicted octanol–water partition coefficient (Wildman–Crippen LogP) is 3.64. The Hall–Kier alpha value is -3.27. The van der Waals surface area contributed by atoms with E-state index >= 15 is 0 Å². The molecule has 0 aliphatic heterocycles. The summed E-state index contributed by atoms with van der Waals surface area (Å²) in [5, 5.41) is 15.1. The molecule has 36 heavy (non-hydrogen) atoms. The van der Waals surface area contributed by atoms with Crippen LogP contribution >= 0.6 is 0 Å². The van der Waals surface area contributed by atoms with E-state index < -0.39 is 53.8 Å².